The van der Waals surface area contributed by atoms with Gasteiger partial charge in [0.25, 0.3) is 0 Å². The van der Waals surface area contributed by atoms with E-state index in [1.165, 1.54) is 0 Å². The van der Waals surface area contributed by atoms with Crippen LogP contribution in [0.4, 0.5) is 5.69 Å². The Kier molecular flexibility index (Phi) is 3.41. The van der Waals surface area contributed by atoms with Crippen molar-refractivity contribution in [2.45, 2.75) is 19.4 Å². The molecule has 0 radical (unpaired) electrons. The zero-order valence-corrected chi connectivity index (χ0v) is 9.70. The summed E-state index contributed by atoms with van der Waals surface area (Å²) in [5, 5.41) is 3.21. The van der Waals surface area contributed by atoms with Crippen LogP contribution in [-0.2, 0) is 9.53 Å². The third kappa shape index (κ3) is 2.51. The Labute approximate surface area is 99.0 Å². The number of pyridine rings is 1. The van der Waals surface area contributed by atoms with E-state index in [1.54, 1.807) is 18.3 Å². The largest absolute Gasteiger partial charge is 0.378 e. The summed E-state index contributed by atoms with van der Waals surface area (Å²) in [6.07, 6.45) is 2.30. The Morgan fingerprint density at radius 3 is 3.00 bits per heavy atom. The lowest BCUT2D eigenvalue weighted by Crippen LogP contribution is -2.27. The van der Waals surface area contributed by atoms with Crippen molar-refractivity contribution < 1.29 is 9.53 Å². The van der Waals surface area contributed by atoms with E-state index in [9.17, 15) is 4.79 Å². The second kappa shape index (κ2) is 4.80. The van der Waals surface area contributed by atoms with Gasteiger partial charge in [0.2, 0.25) is 5.91 Å². The lowest BCUT2D eigenvalue weighted by molar-refractivity contribution is -0.121. The fourth-order valence-corrected chi connectivity index (χ4v) is 1.87. The Bertz CT molecular complexity index is 380. The first-order chi connectivity index (χ1) is 7.66. The second-order valence-electron chi connectivity index (χ2n) is 3.83. The molecule has 4 nitrogen and oxygen atoms in total. The van der Waals surface area contributed by atoms with Gasteiger partial charge in [-0.25, -0.2) is 4.98 Å². The number of ether oxygens (including phenoxy) is 1. The molecule has 1 aromatic rings. The van der Waals surface area contributed by atoms with Crippen LogP contribution in [0.5, 0.6) is 0 Å². The molecule has 16 heavy (non-hydrogen) atoms. The van der Waals surface area contributed by atoms with Gasteiger partial charge in [-0.15, -0.1) is 0 Å². The summed E-state index contributed by atoms with van der Waals surface area (Å²) in [5.74, 6) is -0.0928. The van der Waals surface area contributed by atoms with Gasteiger partial charge in [-0.3, -0.25) is 4.79 Å². The van der Waals surface area contributed by atoms with Crippen molar-refractivity contribution in [3.8, 4) is 0 Å². The van der Waals surface area contributed by atoms with Gasteiger partial charge >= 0.3 is 0 Å². The quantitative estimate of drug-likeness (QED) is 0.806. The van der Waals surface area contributed by atoms with E-state index < -0.39 is 0 Å². The molecular formula is C11H13ClN2O2. The maximum Gasteiger partial charge on any atom is 0.230 e. The summed E-state index contributed by atoms with van der Waals surface area (Å²) in [4.78, 5) is 15.8. The van der Waals surface area contributed by atoms with Crippen molar-refractivity contribution in [1.82, 2.24) is 4.98 Å². The zero-order valence-electron chi connectivity index (χ0n) is 8.94. The highest BCUT2D eigenvalue weighted by molar-refractivity contribution is 6.29. The van der Waals surface area contributed by atoms with Crippen molar-refractivity contribution >= 4 is 23.2 Å². The van der Waals surface area contributed by atoms with Crippen LogP contribution in [0, 0.1) is 5.92 Å². The van der Waals surface area contributed by atoms with E-state index in [1.807, 2.05) is 6.92 Å². The first kappa shape index (κ1) is 11.4. The molecule has 1 amide bonds. The molecule has 2 atom stereocenters. The maximum atomic E-state index is 11.9. The molecular weight excluding hydrogens is 228 g/mol. The summed E-state index contributed by atoms with van der Waals surface area (Å²) in [5.41, 5.74) is 0.661. The molecule has 1 N–H and O–H groups in total. The average molecular weight is 241 g/mol. The summed E-state index contributed by atoms with van der Waals surface area (Å²) in [6.45, 7) is 2.56. The number of carbonyl (C=O) groups excluding carboxylic acids is 1. The van der Waals surface area contributed by atoms with Gasteiger partial charge in [-0.05, 0) is 25.5 Å². The SMILES string of the molecule is CC1OCCC1C(=O)Nc1ccc(Cl)nc1. The van der Waals surface area contributed by atoms with E-state index in [4.69, 9.17) is 16.3 Å². The first-order valence-electron chi connectivity index (χ1n) is 5.21. The summed E-state index contributed by atoms with van der Waals surface area (Å²) >= 11 is 5.65. The molecule has 2 rings (SSSR count). The molecule has 86 valence electrons. The summed E-state index contributed by atoms with van der Waals surface area (Å²) < 4.78 is 5.35. The van der Waals surface area contributed by atoms with E-state index in [-0.39, 0.29) is 17.9 Å². The van der Waals surface area contributed by atoms with Crippen molar-refractivity contribution in [3.63, 3.8) is 0 Å². The van der Waals surface area contributed by atoms with E-state index in [0.29, 0.717) is 17.4 Å². The zero-order chi connectivity index (χ0) is 11.5. The van der Waals surface area contributed by atoms with Crippen LogP contribution >= 0.6 is 11.6 Å². The summed E-state index contributed by atoms with van der Waals surface area (Å²) in [6, 6.07) is 3.37. The molecule has 1 aliphatic rings. The van der Waals surface area contributed by atoms with E-state index >= 15 is 0 Å². The van der Waals surface area contributed by atoms with Crippen LogP contribution in [0.2, 0.25) is 5.15 Å². The summed E-state index contributed by atoms with van der Waals surface area (Å²) in [7, 11) is 0. The van der Waals surface area contributed by atoms with Gasteiger partial charge in [0.15, 0.2) is 0 Å². The van der Waals surface area contributed by atoms with Gasteiger partial charge in [0.05, 0.1) is 23.9 Å². The molecule has 1 saturated heterocycles. The van der Waals surface area contributed by atoms with Crippen LogP contribution < -0.4 is 5.32 Å². The lowest BCUT2D eigenvalue weighted by atomic mass is 10.0. The molecule has 1 aromatic heterocycles. The monoisotopic (exact) mass is 240 g/mol. The van der Waals surface area contributed by atoms with Gasteiger partial charge in [-0.1, -0.05) is 11.6 Å². The molecule has 1 aliphatic heterocycles. The second-order valence-corrected chi connectivity index (χ2v) is 4.22. The average Bonchev–Trinajstić information content (AvgIpc) is 2.68. The minimum atomic E-state index is -0.0734. The van der Waals surface area contributed by atoms with Crippen molar-refractivity contribution in [2.75, 3.05) is 11.9 Å². The van der Waals surface area contributed by atoms with E-state index in [0.717, 1.165) is 6.42 Å². The lowest BCUT2D eigenvalue weighted by Gasteiger charge is -2.13. The number of nitrogens with one attached hydrogen (secondary N) is 1. The fraction of sp³-hybridized carbons (Fsp3) is 0.455. The number of halogens is 1. The Morgan fingerprint density at radius 1 is 1.62 bits per heavy atom. The highest BCUT2D eigenvalue weighted by Crippen LogP contribution is 2.22. The Hall–Kier alpha value is -1.13. The molecule has 0 aliphatic carbocycles. The predicted molar refractivity (Wildman–Crippen MR) is 61.4 cm³/mol. The standard InChI is InChI=1S/C11H13ClN2O2/c1-7-9(4-5-16-7)11(15)14-8-2-3-10(12)13-6-8/h2-3,6-7,9H,4-5H2,1H3,(H,14,15). The number of carbonyl (C=O) groups is 1. The Morgan fingerprint density at radius 2 is 2.44 bits per heavy atom. The van der Waals surface area contributed by atoms with Crippen LogP contribution in [0.15, 0.2) is 18.3 Å². The minimum Gasteiger partial charge on any atom is -0.378 e. The van der Waals surface area contributed by atoms with Crippen LogP contribution in [0.25, 0.3) is 0 Å². The predicted octanol–water partition coefficient (Wildman–Crippen LogP) is 2.10. The van der Waals surface area contributed by atoms with Crippen LogP contribution in [0.1, 0.15) is 13.3 Å². The van der Waals surface area contributed by atoms with E-state index in [2.05, 4.69) is 10.3 Å². The van der Waals surface area contributed by atoms with Crippen molar-refractivity contribution in [2.24, 2.45) is 5.92 Å². The van der Waals surface area contributed by atoms with Crippen molar-refractivity contribution in [3.05, 3.63) is 23.5 Å². The molecule has 0 saturated carbocycles. The molecule has 0 aromatic carbocycles. The Balaban J connectivity index is 1.99. The number of aromatic nitrogens is 1. The molecule has 5 heteroatoms. The molecule has 2 unspecified atom stereocenters. The minimum absolute atomic E-state index is 0.0136. The highest BCUT2D eigenvalue weighted by Gasteiger charge is 2.30. The molecule has 2 heterocycles. The highest BCUT2D eigenvalue weighted by atomic mass is 35.5. The smallest absolute Gasteiger partial charge is 0.230 e. The third-order valence-corrected chi connectivity index (χ3v) is 2.93. The number of amides is 1. The topological polar surface area (TPSA) is 51.2 Å². The molecule has 1 fully saturated rings. The van der Waals surface area contributed by atoms with Crippen LogP contribution in [0.3, 0.4) is 0 Å². The van der Waals surface area contributed by atoms with Gasteiger partial charge in [0.1, 0.15) is 5.15 Å². The van der Waals surface area contributed by atoms with Crippen LogP contribution in [-0.4, -0.2) is 23.6 Å². The number of hydrogen-bond acceptors (Lipinski definition) is 3. The number of anilines is 1. The maximum absolute atomic E-state index is 11.9. The normalized spacial score (nSPS) is 24.4. The number of nitrogens with zero attached hydrogens (tertiary/aromatic N) is 1. The van der Waals surface area contributed by atoms with Gasteiger partial charge < -0.3 is 10.1 Å². The van der Waals surface area contributed by atoms with Crippen molar-refractivity contribution in [1.29, 1.82) is 0 Å². The first-order valence-corrected chi connectivity index (χ1v) is 5.58. The number of hydrogen-bond donors (Lipinski definition) is 1. The molecule has 0 spiro atoms. The number of rotatable bonds is 2. The van der Waals surface area contributed by atoms with Gasteiger partial charge in [-0.2, -0.15) is 0 Å². The third-order valence-electron chi connectivity index (χ3n) is 2.71. The van der Waals surface area contributed by atoms with Gasteiger partial charge in [0, 0.05) is 6.61 Å². The molecule has 0 bridgehead atoms. The fourth-order valence-electron chi connectivity index (χ4n) is 1.76.